The van der Waals surface area contributed by atoms with Crippen LogP contribution in [0, 0.1) is 5.82 Å². The highest BCUT2D eigenvalue weighted by atomic mass is 35.5. The standard InChI is InChI=1S/C8H4ClFN2O2/c9-3-1-2-4(10)6-5(3)7(8(13)14)12-11-6/h1-2H,(H,11,12)(H,13,14). The number of halogens is 2. The highest BCUT2D eigenvalue weighted by Crippen LogP contribution is 2.26. The third-order valence-corrected chi connectivity index (χ3v) is 2.14. The van der Waals surface area contributed by atoms with Gasteiger partial charge in [-0.2, -0.15) is 5.10 Å². The number of rotatable bonds is 1. The number of hydrogen-bond acceptors (Lipinski definition) is 2. The van der Waals surface area contributed by atoms with Gasteiger partial charge in [-0.15, -0.1) is 0 Å². The first-order valence-electron chi connectivity index (χ1n) is 3.66. The summed E-state index contributed by atoms with van der Waals surface area (Å²) in [5.41, 5.74) is -0.264. The summed E-state index contributed by atoms with van der Waals surface area (Å²) in [5, 5.41) is 14.7. The molecule has 1 aromatic carbocycles. The second kappa shape index (κ2) is 2.95. The third-order valence-electron chi connectivity index (χ3n) is 1.82. The number of nitrogens with one attached hydrogen (secondary N) is 1. The predicted molar refractivity (Wildman–Crippen MR) is 48.0 cm³/mol. The molecule has 0 aliphatic heterocycles. The fraction of sp³-hybridized carbons (Fsp3) is 0. The van der Waals surface area contributed by atoms with Crippen LogP contribution < -0.4 is 0 Å². The van der Waals surface area contributed by atoms with Crippen molar-refractivity contribution in [3.05, 3.63) is 28.7 Å². The average molecular weight is 215 g/mol. The minimum Gasteiger partial charge on any atom is -0.477 e. The summed E-state index contributed by atoms with van der Waals surface area (Å²) in [6, 6.07) is 2.43. The molecule has 0 atom stereocenters. The van der Waals surface area contributed by atoms with Crippen LogP contribution in [0.1, 0.15) is 10.5 Å². The maximum Gasteiger partial charge on any atom is 0.354 e. The Balaban J connectivity index is 2.90. The molecular formula is C8H4ClFN2O2. The van der Waals surface area contributed by atoms with E-state index in [1.807, 2.05) is 0 Å². The van der Waals surface area contributed by atoms with Crippen LogP contribution in [0.5, 0.6) is 0 Å². The molecule has 0 amide bonds. The van der Waals surface area contributed by atoms with Crippen molar-refractivity contribution in [3.63, 3.8) is 0 Å². The lowest BCUT2D eigenvalue weighted by Gasteiger charge is -1.94. The number of carboxylic acid groups (broad SMARTS) is 1. The molecule has 0 spiro atoms. The molecule has 0 bridgehead atoms. The van der Waals surface area contributed by atoms with E-state index < -0.39 is 11.8 Å². The van der Waals surface area contributed by atoms with Gasteiger partial charge in [0.1, 0.15) is 5.52 Å². The van der Waals surface area contributed by atoms with Gasteiger partial charge in [0.05, 0.1) is 10.4 Å². The summed E-state index contributed by atoms with van der Waals surface area (Å²) in [5.74, 6) is -1.83. The Morgan fingerprint density at radius 2 is 2.29 bits per heavy atom. The number of carboxylic acids is 1. The Labute approximate surface area is 82.3 Å². The number of carbonyl (C=O) groups is 1. The zero-order valence-corrected chi connectivity index (χ0v) is 7.47. The van der Waals surface area contributed by atoms with Crippen molar-refractivity contribution >= 4 is 28.5 Å². The fourth-order valence-electron chi connectivity index (χ4n) is 1.21. The number of aromatic carboxylic acids is 1. The maximum absolute atomic E-state index is 13.1. The van der Waals surface area contributed by atoms with Crippen molar-refractivity contribution in [3.8, 4) is 0 Å². The van der Waals surface area contributed by atoms with Gasteiger partial charge in [0.15, 0.2) is 11.5 Å². The van der Waals surface area contributed by atoms with E-state index in [1.165, 1.54) is 6.07 Å². The summed E-state index contributed by atoms with van der Waals surface area (Å²) < 4.78 is 13.1. The van der Waals surface area contributed by atoms with Gasteiger partial charge < -0.3 is 5.11 Å². The molecule has 1 aromatic heterocycles. The van der Waals surface area contributed by atoms with E-state index in [1.54, 1.807) is 0 Å². The first-order valence-corrected chi connectivity index (χ1v) is 4.04. The number of aromatic nitrogens is 2. The number of fused-ring (bicyclic) bond motifs is 1. The molecule has 4 nitrogen and oxygen atoms in total. The molecule has 0 radical (unpaired) electrons. The van der Waals surface area contributed by atoms with Crippen LogP contribution in [0.15, 0.2) is 12.1 Å². The number of benzene rings is 1. The number of hydrogen-bond donors (Lipinski definition) is 2. The Morgan fingerprint density at radius 3 is 2.93 bits per heavy atom. The summed E-state index contributed by atoms with van der Waals surface area (Å²) >= 11 is 5.73. The molecule has 0 aliphatic carbocycles. The first kappa shape index (κ1) is 8.96. The van der Waals surface area contributed by atoms with Gasteiger partial charge in [-0.1, -0.05) is 11.6 Å². The molecule has 2 aromatic rings. The van der Waals surface area contributed by atoms with Crippen molar-refractivity contribution in [1.29, 1.82) is 0 Å². The minimum absolute atomic E-state index is 0.0603. The van der Waals surface area contributed by atoms with E-state index in [2.05, 4.69) is 10.2 Å². The van der Waals surface area contributed by atoms with Crippen LogP contribution in [0.25, 0.3) is 10.9 Å². The summed E-state index contributed by atoms with van der Waals surface area (Å²) in [4.78, 5) is 10.7. The summed E-state index contributed by atoms with van der Waals surface area (Å²) in [6.45, 7) is 0. The average Bonchev–Trinajstić information content (AvgIpc) is 2.56. The molecule has 2 N–H and O–H groups in total. The molecule has 2 rings (SSSR count). The van der Waals surface area contributed by atoms with Gasteiger partial charge in [0.25, 0.3) is 0 Å². The topological polar surface area (TPSA) is 66.0 Å². The Morgan fingerprint density at radius 1 is 1.57 bits per heavy atom. The smallest absolute Gasteiger partial charge is 0.354 e. The van der Waals surface area contributed by atoms with Gasteiger partial charge in [0, 0.05) is 0 Å². The first-order chi connectivity index (χ1) is 6.61. The second-order valence-corrected chi connectivity index (χ2v) is 3.06. The molecule has 1 heterocycles. The monoisotopic (exact) mass is 214 g/mol. The quantitative estimate of drug-likeness (QED) is 0.764. The van der Waals surface area contributed by atoms with Crippen LogP contribution in [0.2, 0.25) is 5.02 Å². The van der Waals surface area contributed by atoms with Crippen molar-refractivity contribution < 1.29 is 14.3 Å². The van der Waals surface area contributed by atoms with E-state index in [-0.39, 0.29) is 21.6 Å². The van der Waals surface area contributed by atoms with Crippen LogP contribution in [-0.2, 0) is 0 Å². The molecule has 72 valence electrons. The Bertz CT molecular complexity index is 523. The number of H-pyrrole nitrogens is 1. The van der Waals surface area contributed by atoms with E-state index in [0.29, 0.717) is 0 Å². The fourth-order valence-corrected chi connectivity index (χ4v) is 1.46. The van der Waals surface area contributed by atoms with Crippen LogP contribution >= 0.6 is 11.6 Å². The van der Waals surface area contributed by atoms with E-state index in [9.17, 15) is 9.18 Å². The minimum atomic E-state index is -1.22. The van der Waals surface area contributed by atoms with Gasteiger partial charge in [-0.05, 0) is 12.1 Å². The lowest BCUT2D eigenvalue weighted by atomic mass is 10.2. The number of nitrogens with zero attached hydrogens (tertiary/aromatic N) is 1. The lowest BCUT2D eigenvalue weighted by molar-refractivity contribution is 0.0692. The zero-order chi connectivity index (χ0) is 10.3. The van der Waals surface area contributed by atoms with Gasteiger partial charge >= 0.3 is 5.97 Å². The normalized spacial score (nSPS) is 10.7. The Kier molecular flexibility index (Phi) is 1.89. The van der Waals surface area contributed by atoms with E-state index in [0.717, 1.165) is 6.07 Å². The number of aromatic amines is 1. The van der Waals surface area contributed by atoms with Crippen molar-refractivity contribution in [2.45, 2.75) is 0 Å². The third kappa shape index (κ3) is 1.13. The molecular weight excluding hydrogens is 211 g/mol. The van der Waals surface area contributed by atoms with Crippen LogP contribution in [0.3, 0.4) is 0 Å². The Hall–Kier alpha value is -1.62. The highest BCUT2D eigenvalue weighted by molar-refractivity contribution is 6.36. The molecule has 0 saturated heterocycles. The molecule has 0 fully saturated rings. The van der Waals surface area contributed by atoms with Crippen molar-refractivity contribution in [2.75, 3.05) is 0 Å². The molecule has 14 heavy (non-hydrogen) atoms. The SMILES string of the molecule is O=C(O)c1[nH]nc2c(F)ccc(Cl)c12. The molecule has 0 saturated carbocycles. The van der Waals surface area contributed by atoms with Crippen LogP contribution in [0.4, 0.5) is 4.39 Å². The van der Waals surface area contributed by atoms with Gasteiger partial charge in [-0.3, -0.25) is 5.10 Å². The second-order valence-electron chi connectivity index (χ2n) is 2.66. The van der Waals surface area contributed by atoms with E-state index >= 15 is 0 Å². The predicted octanol–water partition coefficient (Wildman–Crippen LogP) is 2.05. The lowest BCUT2D eigenvalue weighted by Crippen LogP contribution is -1.97. The molecule has 6 heteroatoms. The summed E-state index contributed by atoms with van der Waals surface area (Å²) in [6.07, 6.45) is 0. The van der Waals surface area contributed by atoms with Crippen molar-refractivity contribution in [1.82, 2.24) is 10.2 Å². The zero-order valence-electron chi connectivity index (χ0n) is 6.71. The molecule has 0 aliphatic rings. The van der Waals surface area contributed by atoms with Gasteiger partial charge in [0.2, 0.25) is 0 Å². The van der Waals surface area contributed by atoms with Crippen LogP contribution in [-0.4, -0.2) is 21.3 Å². The molecule has 0 unspecified atom stereocenters. The van der Waals surface area contributed by atoms with Gasteiger partial charge in [-0.25, -0.2) is 9.18 Å². The summed E-state index contributed by atoms with van der Waals surface area (Å²) in [7, 11) is 0. The highest BCUT2D eigenvalue weighted by Gasteiger charge is 2.17. The van der Waals surface area contributed by atoms with E-state index in [4.69, 9.17) is 16.7 Å². The maximum atomic E-state index is 13.1. The largest absolute Gasteiger partial charge is 0.477 e. The van der Waals surface area contributed by atoms with Crippen molar-refractivity contribution in [2.24, 2.45) is 0 Å².